The minimum atomic E-state index is -0.798. The third kappa shape index (κ3) is 8.64. The molecule has 2 atom stereocenters. The maximum absolute atomic E-state index is 13.7. The van der Waals surface area contributed by atoms with Crippen molar-refractivity contribution in [2.45, 2.75) is 45.3 Å². The number of halogens is 4. The van der Waals surface area contributed by atoms with Crippen LogP contribution in [0.5, 0.6) is 5.75 Å². The van der Waals surface area contributed by atoms with Crippen LogP contribution in [0.2, 0.25) is 15.1 Å². The Balaban J connectivity index is 1.95. The molecule has 37 heavy (non-hydrogen) atoms. The van der Waals surface area contributed by atoms with Crippen molar-refractivity contribution in [3.8, 4) is 5.75 Å². The van der Waals surface area contributed by atoms with Crippen LogP contribution >= 0.6 is 50.7 Å². The zero-order valence-electron chi connectivity index (χ0n) is 20.5. The Morgan fingerprint density at radius 3 is 2.32 bits per heavy atom. The van der Waals surface area contributed by atoms with Crippen LogP contribution in [0.25, 0.3) is 0 Å². The molecule has 196 valence electrons. The summed E-state index contributed by atoms with van der Waals surface area (Å²) in [5.41, 5.74) is 1.59. The van der Waals surface area contributed by atoms with Crippen LogP contribution in [0.1, 0.15) is 31.4 Å². The van der Waals surface area contributed by atoms with Crippen LogP contribution in [0, 0.1) is 0 Å². The third-order valence-corrected chi connectivity index (χ3v) is 7.31. The molecule has 0 bridgehead atoms. The number of benzene rings is 3. The van der Waals surface area contributed by atoms with Gasteiger partial charge in [0.25, 0.3) is 5.91 Å². The van der Waals surface area contributed by atoms with E-state index in [1.807, 2.05) is 44.2 Å². The standard InChI is InChI=1S/C28H28BrCl3N2O3/c1-3-18(2)33-28(36)25(13-19-7-5-4-6-8-19)34(16-20-9-10-22(31)15-24(20)32)27(35)17-37-26-12-11-21(30)14-23(26)29/h4-12,14-15,18,25H,3,13,16-17H2,1-2H3,(H,33,36)/t18-,25-/m1/s1. The van der Waals surface area contributed by atoms with Crippen molar-refractivity contribution >= 4 is 62.5 Å². The first kappa shape index (κ1) is 29.3. The highest BCUT2D eigenvalue weighted by Crippen LogP contribution is 2.29. The molecule has 2 amide bonds. The molecule has 0 aliphatic rings. The molecule has 0 saturated carbocycles. The molecule has 0 aromatic heterocycles. The van der Waals surface area contributed by atoms with Gasteiger partial charge in [-0.2, -0.15) is 0 Å². The summed E-state index contributed by atoms with van der Waals surface area (Å²) in [6, 6.07) is 18.9. The van der Waals surface area contributed by atoms with Gasteiger partial charge in [0.2, 0.25) is 5.91 Å². The lowest BCUT2D eigenvalue weighted by Crippen LogP contribution is -2.53. The third-order valence-electron chi connectivity index (χ3n) is 5.87. The molecule has 3 rings (SSSR count). The average Bonchev–Trinajstić information content (AvgIpc) is 2.87. The predicted molar refractivity (Wildman–Crippen MR) is 153 cm³/mol. The average molecular weight is 627 g/mol. The van der Waals surface area contributed by atoms with Crippen molar-refractivity contribution < 1.29 is 14.3 Å². The fourth-order valence-corrected chi connectivity index (χ4v) is 4.91. The number of hydrogen-bond donors (Lipinski definition) is 1. The van der Waals surface area contributed by atoms with Crippen molar-refractivity contribution in [1.82, 2.24) is 10.2 Å². The second-order valence-corrected chi connectivity index (χ2v) is 10.8. The lowest BCUT2D eigenvalue weighted by atomic mass is 10.0. The summed E-state index contributed by atoms with van der Waals surface area (Å²) in [5.74, 6) is -0.150. The summed E-state index contributed by atoms with van der Waals surface area (Å²) >= 11 is 22.0. The van der Waals surface area contributed by atoms with Crippen molar-refractivity contribution in [3.05, 3.63) is 97.4 Å². The van der Waals surface area contributed by atoms with Crippen LogP contribution < -0.4 is 10.1 Å². The minimum absolute atomic E-state index is 0.0527. The summed E-state index contributed by atoms with van der Waals surface area (Å²) in [5, 5.41) is 4.46. The number of amides is 2. The topological polar surface area (TPSA) is 58.6 Å². The highest BCUT2D eigenvalue weighted by Gasteiger charge is 2.31. The van der Waals surface area contributed by atoms with Crippen molar-refractivity contribution in [3.63, 3.8) is 0 Å². The first-order valence-electron chi connectivity index (χ1n) is 11.8. The molecule has 0 spiro atoms. The molecule has 5 nitrogen and oxygen atoms in total. The molecule has 0 radical (unpaired) electrons. The Kier molecular flexibility index (Phi) is 11.1. The molecule has 1 N–H and O–H groups in total. The van der Waals surface area contributed by atoms with Gasteiger partial charge in [0.15, 0.2) is 6.61 Å². The summed E-state index contributed by atoms with van der Waals surface area (Å²) in [6.07, 6.45) is 1.08. The first-order chi connectivity index (χ1) is 17.7. The van der Waals surface area contributed by atoms with Gasteiger partial charge in [0.1, 0.15) is 11.8 Å². The Labute approximate surface area is 241 Å². The van der Waals surface area contributed by atoms with Crippen LogP contribution in [0.3, 0.4) is 0 Å². The lowest BCUT2D eigenvalue weighted by Gasteiger charge is -2.32. The fraction of sp³-hybridized carbons (Fsp3) is 0.286. The van der Waals surface area contributed by atoms with Crippen molar-refractivity contribution in [1.29, 1.82) is 0 Å². The van der Waals surface area contributed by atoms with Gasteiger partial charge in [-0.1, -0.05) is 78.1 Å². The van der Waals surface area contributed by atoms with Gasteiger partial charge in [-0.15, -0.1) is 0 Å². The molecule has 0 aliphatic heterocycles. The SMILES string of the molecule is CC[C@@H](C)NC(=O)[C@@H](Cc1ccccc1)N(Cc1ccc(Cl)cc1Cl)C(=O)COc1ccc(Cl)cc1Br. The molecular formula is C28H28BrCl3N2O3. The van der Waals surface area contributed by atoms with Crippen molar-refractivity contribution in [2.75, 3.05) is 6.61 Å². The highest BCUT2D eigenvalue weighted by molar-refractivity contribution is 9.10. The molecule has 0 unspecified atom stereocenters. The highest BCUT2D eigenvalue weighted by atomic mass is 79.9. The maximum Gasteiger partial charge on any atom is 0.261 e. The molecule has 0 heterocycles. The molecular weight excluding hydrogens is 599 g/mol. The number of hydrogen-bond acceptors (Lipinski definition) is 3. The molecule has 3 aromatic rings. The monoisotopic (exact) mass is 624 g/mol. The zero-order valence-corrected chi connectivity index (χ0v) is 24.4. The van der Waals surface area contributed by atoms with Crippen LogP contribution in [-0.2, 0) is 22.6 Å². The predicted octanol–water partition coefficient (Wildman–Crippen LogP) is 7.34. The Morgan fingerprint density at radius 2 is 1.68 bits per heavy atom. The zero-order chi connectivity index (χ0) is 26.9. The quantitative estimate of drug-likeness (QED) is 0.242. The largest absolute Gasteiger partial charge is 0.483 e. The van der Waals surface area contributed by atoms with E-state index in [0.717, 1.165) is 12.0 Å². The van der Waals surface area contributed by atoms with E-state index in [9.17, 15) is 9.59 Å². The molecule has 9 heteroatoms. The van der Waals surface area contributed by atoms with E-state index in [-0.39, 0.29) is 31.0 Å². The lowest BCUT2D eigenvalue weighted by molar-refractivity contribution is -0.143. The molecule has 3 aromatic carbocycles. The second kappa shape index (κ2) is 14.1. The normalized spacial score (nSPS) is 12.5. The number of nitrogens with zero attached hydrogens (tertiary/aromatic N) is 1. The van der Waals surface area contributed by atoms with Crippen molar-refractivity contribution in [2.24, 2.45) is 0 Å². The summed E-state index contributed by atoms with van der Waals surface area (Å²) in [6.45, 7) is 3.74. The van der Waals surface area contributed by atoms with E-state index in [2.05, 4.69) is 21.2 Å². The van der Waals surface area contributed by atoms with E-state index in [0.29, 0.717) is 37.3 Å². The summed E-state index contributed by atoms with van der Waals surface area (Å²) < 4.78 is 6.44. The number of carbonyl (C=O) groups excluding carboxylic acids is 2. The number of rotatable bonds is 11. The summed E-state index contributed by atoms with van der Waals surface area (Å²) in [4.78, 5) is 28.7. The van der Waals surface area contributed by atoms with E-state index in [1.165, 1.54) is 4.90 Å². The summed E-state index contributed by atoms with van der Waals surface area (Å²) in [7, 11) is 0. The van der Waals surface area contributed by atoms with Crippen LogP contribution in [0.4, 0.5) is 0 Å². The number of carbonyl (C=O) groups is 2. The van der Waals surface area contributed by atoms with Crippen LogP contribution in [0.15, 0.2) is 71.2 Å². The van der Waals surface area contributed by atoms with E-state index < -0.39 is 6.04 Å². The molecule has 0 fully saturated rings. The van der Waals surface area contributed by atoms with Gasteiger partial charge in [0, 0.05) is 34.1 Å². The van der Waals surface area contributed by atoms with Gasteiger partial charge >= 0.3 is 0 Å². The van der Waals surface area contributed by atoms with Gasteiger partial charge in [-0.3, -0.25) is 9.59 Å². The molecule has 0 aliphatic carbocycles. The van der Waals surface area contributed by atoms with Gasteiger partial charge in [-0.25, -0.2) is 0 Å². The number of ether oxygens (including phenoxy) is 1. The van der Waals surface area contributed by atoms with Crippen LogP contribution in [-0.4, -0.2) is 35.4 Å². The Hall–Kier alpha value is -2.25. The fourth-order valence-electron chi connectivity index (χ4n) is 3.64. The van der Waals surface area contributed by atoms with E-state index in [1.54, 1.807) is 36.4 Å². The van der Waals surface area contributed by atoms with Gasteiger partial charge < -0.3 is 15.0 Å². The maximum atomic E-state index is 13.7. The first-order valence-corrected chi connectivity index (χ1v) is 13.8. The Morgan fingerprint density at radius 1 is 1.00 bits per heavy atom. The minimum Gasteiger partial charge on any atom is -0.483 e. The Bertz CT molecular complexity index is 1230. The van der Waals surface area contributed by atoms with Gasteiger partial charge in [-0.05, 0) is 70.7 Å². The van der Waals surface area contributed by atoms with Gasteiger partial charge in [0.05, 0.1) is 4.47 Å². The second-order valence-electron chi connectivity index (χ2n) is 8.64. The molecule has 0 saturated heterocycles. The van der Waals surface area contributed by atoms with E-state index >= 15 is 0 Å². The number of nitrogens with one attached hydrogen (secondary N) is 1. The smallest absolute Gasteiger partial charge is 0.261 e. The van der Waals surface area contributed by atoms with E-state index in [4.69, 9.17) is 39.5 Å².